The fourth-order valence-corrected chi connectivity index (χ4v) is 1.86. The smallest absolute Gasteiger partial charge is 0.189 e. The number of oxime groups is 1. The zero-order chi connectivity index (χ0) is 14.4. The maximum atomic E-state index is 8.76. The number of amidine groups is 1. The first-order valence-corrected chi connectivity index (χ1v) is 6.28. The van der Waals surface area contributed by atoms with E-state index in [4.69, 9.17) is 10.9 Å². The second kappa shape index (κ2) is 6.63. The van der Waals surface area contributed by atoms with E-state index in [9.17, 15) is 0 Å². The van der Waals surface area contributed by atoms with E-state index >= 15 is 0 Å². The third-order valence-corrected chi connectivity index (χ3v) is 2.97. The molecule has 2 aromatic rings. The van der Waals surface area contributed by atoms with Gasteiger partial charge in [0.25, 0.3) is 0 Å². The Bertz CT molecular complexity index is 585. The molecule has 0 saturated carbocycles. The van der Waals surface area contributed by atoms with Crippen LogP contribution >= 0.6 is 0 Å². The summed E-state index contributed by atoms with van der Waals surface area (Å²) >= 11 is 0. The lowest BCUT2D eigenvalue weighted by molar-refractivity contribution is 0.318. The SMILES string of the molecule is CC(NCc1cccnc1C(N)=NO)c1ccccn1. The summed E-state index contributed by atoms with van der Waals surface area (Å²) in [6.07, 6.45) is 3.37. The number of nitrogens with two attached hydrogens (primary N) is 1. The fraction of sp³-hybridized carbons (Fsp3) is 0.214. The molecule has 0 aliphatic heterocycles. The number of hydrogen-bond acceptors (Lipinski definition) is 5. The summed E-state index contributed by atoms with van der Waals surface area (Å²) in [7, 11) is 0. The summed E-state index contributed by atoms with van der Waals surface area (Å²) in [5.41, 5.74) is 7.92. The fourth-order valence-electron chi connectivity index (χ4n) is 1.86. The van der Waals surface area contributed by atoms with Crippen LogP contribution in [0.4, 0.5) is 0 Å². The molecule has 1 unspecified atom stereocenters. The molecule has 0 fully saturated rings. The van der Waals surface area contributed by atoms with E-state index in [0.717, 1.165) is 11.3 Å². The molecular formula is C14H17N5O. The molecule has 0 aliphatic rings. The second-order valence-electron chi connectivity index (χ2n) is 4.35. The van der Waals surface area contributed by atoms with E-state index in [0.29, 0.717) is 12.2 Å². The van der Waals surface area contributed by atoms with Crippen molar-refractivity contribution in [2.75, 3.05) is 0 Å². The molecule has 0 amide bonds. The number of hydrogen-bond donors (Lipinski definition) is 3. The highest BCUT2D eigenvalue weighted by molar-refractivity contribution is 5.96. The Kier molecular flexibility index (Phi) is 4.62. The highest BCUT2D eigenvalue weighted by Crippen LogP contribution is 2.11. The van der Waals surface area contributed by atoms with E-state index in [1.807, 2.05) is 37.3 Å². The van der Waals surface area contributed by atoms with Crippen LogP contribution in [-0.4, -0.2) is 21.0 Å². The lowest BCUT2D eigenvalue weighted by atomic mass is 10.1. The van der Waals surface area contributed by atoms with Crippen molar-refractivity contribution in [3.8, 4) is 0 Å². The van der Waals surface area contributed by atoms with E-state index in [2.05, 4.69) is 20.4 Å². The Morgan fingerprint density at radius 2 is 2.10 bits per heavy atom. The molecule has 2 aromatic heterocycles. The number of aromatic nitrogens is 2. The van der Waals surface area contributed by atoms with Gasteiger partial charge in [0.15, 0.2) is 5.84 Å². The Balaban J connectivity index is 2.08. The van der Waals surface area contributed by atoms with Crippen LogP contribution in [0.2, 0.25) is 0 Å². The Hall–Kier alpha value is -2.47. The molecule has 2 heterocycles. The molecule has 0 aliphatic carbocycles. The third kappa shape index (κ3) is 3.30. The van der Waals surface area contributed by atoms with Crippen molar-refractivity contribution in [1.29, 1.82) is 0 Å². The Morgan fingerprint density at radius 3 is 2.80 bits per heavy atom. The van der Waals surface area contributed by atoms with Crippen LogP contribution in [-0.2, 0) is 6.54 Å². The summed E-state index contributed by atoms with van der Waals surface area (Å²) in [5, 5.41) is 15.1. The first kappa shape index (κ1) is 14.0. The molecule has 0 saturated heterocycles. The van der Waals surface area contributed by atoms with Crippen LogP contribution in [0.15, 0.2) is 47.9 Å². The minimum atomic E-state index is 0.00730. The van der Waals surface area contributed by atoms with Gasteiger partial charge in [0.2, 0.25) is 0 Å². The minimum absolute atomic E-state index is 0.00730. The van der Waals surface area contributed by atoms with Crippen molar-refractivity contribution in [2.45, 2.75) is 19.5 Å². The predicted molar refractivity (Wildman–Crippen MR) is 76.2 cm³/mol. The molecule has 2 rings (SSSR count). The number of nitrogens with one attached hydrogen (secondary N) is 1. The zero-order valence-corrected chi connectivity index (χ0v) is 11.2. The van der Waals surface area contributed by atoms with Crippen LogP contribution in [0, 0.1) is 0 Å². The van der Waals surface area contributed by atoms with Gasteiger partial charge in [0, 0.05) is 25.0 Å². The van der Waals surface area contributed by atoms with Crippen molar-refractivity contribution >= 4 is 5.84 Å². The first-order valence-electron chi connectivity index (χ1n) is 6.28. The third-order valence-electron chi connectivity index (χ3n) is 2.97. The average Bonchev–Trinajstić information content (AvgIpc) is 2.53. The van der Waals surface area contributed by atoms with Gasteiger partial charge in [-0.05, 0) is 30.7 Å². The van der Waals surface area contributed by atoms with Crippen molar-refractivity contribution in [3.05, 3.63) is 59.7 Å². The van der Waals surface area contributed by atoms with Crippen LogP contribution < -0.4 is 11.1 Å². The molecule has 20 heavy (non-hydrogen) atoms. The lowest BCUT2D eigenvalue weighted by Gasteiger charge is -2.14. The standard InChI is InChI=1S/C14H17N5O/c1-10(12-6-2-3-7-16-12)18-9-11-5-4-8-17-13(11)14(15)19-20/h2-8,10,18,20H,9H2,1H3,(H2,15,19). The van der Waals surface area contributed by atoms with Gasteiger partial charge in [-0.2, -0.15) is 0 Å². The molecule has 4 N–H and O–H groups in total. The molecule has 0 aromatic carbocycles. The molecule has 6 heteroatoms. The molecule has 0 bridgehead atoms. The van der Waals surface area contributed by atoms with E-state index in [1.54, 1.807) is 12.4 Å². The highest BCUT2D eigenvalue weighted by atomic mass is 16.4. The Morgan fingerprint density at radius 1 is 1.30 bits per heavy atom. The molecule has 1 atom stereocenters. The summed E-state index contributed by atoms with van der Waals surface area (Å²) in [5.74, 6) is 0.00730. The number of pyridine rings is 2. The maximum Gasteiger partial charge on any atom is 0.189 e. The van der Waals surface area contributed by atoms with Gasteiger partial charge in [-0.3, -0.25) is 9.97 Å². The lowest BCUT2D eigenvalue weighted by Crippen LogP contribution is -2.23. The Labute approximate surface area is 117 Å². The van der Waals surface area contributed by atoms with E-state index in [-0.39, 0.29) is 11.9 Å². The second-order valence-corrected chi connectivity index (χ2v) is 4.35. The van der Waals surface area contributed by atoms with Crippen LogP contribution in [0.3, 0.4) is 0 Å². The van der Waals surface area contributed by atoms with Crippen LogP contribution in [0.1, 0.15) is 29.9 Å². The topological polar surface area (TPSA) is 96.4 Å². The molecule has 104 valence electrons. The summed E-state index contributed by atoms with van der Waals surface area (Å²) < 4.78 is 0. The van der Waals surface area contributed by atoms with Gasteiger partial charge < -0.3 is 16.3 Å². The predicted octanol–water partition coefficient (Wildman–Crippen LogP) is 1.42. The van der Waals surface area contributed by atoms with Crippen LogP contribution in [0.5, 0.6) is 0 Å². The van der Waals surface area contributed by atoms with Crippen molar-refractivity contribution < 1.29 is 5.21 Å². The van der Waals surface area contributed by atoms with Crippen molar-refractivity contribution in [1.82, 2.24) is 15.3 Å². The van der Waals surface area contributed by atoms with Crippen LogP contribution in [0.25, 0.3) is 0 Å². The highest BCUT2D eigenvalue weighted by Gasteiger charge is 2.10. The summed E-state index contributed by atoms with van der Waals surface area (Å²) in [4.78, 5) is 8.43. The number of rotatable bonds is 5. The molecule has 0 spiro atoms. The van der Waals surface area contributed by atoms with E-state index < -0.39 is 0 Å². The van der Waals surface area contributed by atoms with Crippen molar-refractivity contribution in [3.63, 3.8) is 0 Å². The van der Waals surface area contributed by atoms with Gasteiger partial charge in [0.1, 0.15) is 5.69 Å². The first-order chi connectivity index (χ1) is 9.72. The quantitative estimate of drug-likeness (QED) is 0.331. The largest absolute Gasteiger partial charge is 0.409 e. The number of nitrogens with zero attached hydrogens (tertiary/aromatic N) is 3. The van der Waals surface area contributed by atoms with Gasteiger partial charge in [-0.1, -0.05) is 17.3 Å². The normalized spacial score (nSPS) is 13.2. The molecular weight excluding hydrogens is 254 g/mol. The van der Waals surface area contributed by atoms with Gasteiger partial charge in [0.05, 0.1) is 5.69 Å². The van der Waals surface area contributed by atoms with Gasteiger partial charge >= 0.3 is 0 Å². The summed E-state index contributed by atoms with van der Waals surface area (Å²) in [6.45, 7) is 2.58. The molecule has 6 nitrogen and oxygen atoms in total. The summed E-state index contributed by atoms with van der Waals surface area (Å²) in [6, 6.07) is 9.59. The van der Waals surface area contributed by atoms with E-state index in [1.165, 1.54) is 0 Å². The zero-order valence-electron chi connectivity index (χ0n) is 11.2. The minimum Gasteiger partial charge on any atom is -0.409 e. The van der Waals surface area contributed by atoms with Gasteiger partial charge in [-0.15, -0.1) is 0 Å². The van der Waals surface area contributed by atoms with Gasteiger partial charge in [-0.25, -0.2) is 0 Å². The molecule has 0 radical (unpaired) electrons. The maximum absolute atomic E-state index is 8.76. The average molecular weight is 271 g/mol. The van der Waals surface area contributed by atoms with Crippen molar-refractivity contribution in [2.24, 2.45) is 10.9 Å². The monoisotopic (exact) mass is 271 g/mol.